The Morgan fingerprint density at radius 3 is 2.97 bits per heavy atom. The molecule has 0 saturated heterocycles. The zero-order valence-electron chi connectivity index (χ0n) is 16.5. The molecule has 29 heavy (non-hydrogen) atoms. The van der Waals surface area contributed by atoms with Gasteiger partial charge >= 0.3 is 0 Å². The molecule has 1 saturated carbocycles. The van der Waals surface area contributed by atoms with Crippen LogP contribution in [-0.2, 0) is 0 Å². The Balaban J connectivity index is 1.75. The van der Waals surface area contributed by atoms with Gasteiger partial charge < -0.3 is 14.6 Å². The highest BCUT2D eigenvalue weighted by atomic mass is 19.1. The molecular weight excluding hydrogens is 377 g/mol. The van der Waals surface area contributed by atoms with E-state index < -0.39 is 16.8 Å². The lowest BCUT2D eigenvalue weighted by Gasteiger charge is -2.29. The predicted octanol–water partition coefficient (Wildman–Crippen LogP) is 3.02. The molecule has 5 rings (SSSR count). The summed E-state index contributed by atoms with van der Waals surface area (Å²) in [4.78, 5) is 25.1. The summed E-state index contributed by atoms with van der Waals surface area (Å²) in [5, 5.41) is 5.71. The lowest BCUT2D eigenvalue weighted by molar-refractivity contribution is 0.240. The summed E-state index contributed by atoms with van der Waals surface area (Å²) >= 11 is 0. The number of nitrogens with one attached hydrogen (secondary N) is 2. The van der Waals surface area contributed by atoms with E-state index in [1.807, 2.05) is 6.92 Å². The van der Waals surface area contributed by atoms with Crippen LogP contribution in [0.1, 0.15) is 50.6 Å². The molecule has 3 unspecified atom stereocenters. The van der Waals surface area contributed by atoms with Crippen molar-refractivity contribution in [2.45, 2.75) is 45.1 Å². The van der Waals surface area contributed by atoms with Crippen molar-refractivity contribution in [1.29, 1.82) is 0 Å². The number of pyridine rings is 1. The van der Waals surface area contributed by atoms with E-state index in [2.05, 4.69) is 17.4 Å². The number of nitrogens with zero attached hydrogens (tertiary/aromatic N) is 1. The van der Waals surface area contributed by atoms with Crippen molar-refractivity contribution in [3.8, 4) is 5.75 Å². The minimum absolute atomic E-state index is 0.0453. The Morgan fingerprint density at radius 2 is 2.17 bits per heavy atom. The first-order valence-corrected chi connectivity index (χ1v) is 10.3. The normalized spacial score (nSPS) is 23.8. The van der Waals surface area contributed by atoms with Crippen LogP contribution < -0.4 is 21.0 Å². The molecule has 1 aliphatic heterocycles. The van der Waals surface area contributed by atoms with E-state index in [4.69, 9.17) is 9.26 Å². The SMILES string of the molecule is CCNCC1CCC(c2c(F)cc3c(=O)c4c(=O)[nH]oc4n4c3c2OCC4C)C1. The summed E-state index contributed by atoms with van der Waals surface area (Å²) in [6, 6.07) is 1.12. The Hall–Kier alpha value is -2.61. The molecule has 2 aliphatic rings. The largest absolute Gasteiger partial charge is 0.489 e. The lowest BCUT2D eigenvalue weighted by Crippen LogP contribution is -2.26. The van der Waals surface area contributed by atoms with E-state index in [1.54, 1.807) is 4.57 Å². The van der Waals surface area contributed by atoms with Gasteiger partial charge in [-0.2, -0.15) is 5.16 Å². The number of H-pyrrole nitrogens is 1. The van der Waals surface area contributed by atoms with Gasteiger partial charge in [0.2, 0.25) is 11.1 Å². The minimum Gasteiger partial charge on any atom is -0.489 e. The van der Waals surface area contributed by atoms with Crippen LogP contribution in [0.25, 0.3) is 22.0 Å². The first kappa shape index (κ1) is 18.4. The van der Waals surface area contributed by atoms with Gasteiger partial charge in [-0.1, -0.05) is 6.92 Å². The lowest BCUT2D eigenvalue weighted by atomic mass is 9.92. The smallest absolute Gasteiger partial charge is 0.293 e. The molecule has 2 N–H and O–H groups in total. The summed E-state index contributed by atoms with van der Waals surface area (Å²) in [7, 11) is 0. The molecule has 7 nitrogen and oxygen atoms in total. The third kappa shape index (κ3) is 2.65. The standard InChI is InChI=1S/C21H24FN3O4/c1-3-23-8-11-4-5-12(6-11)15-14(22)7-13-17-19(15)28-9-10(2)25(17)21-16(18(13)26)20(27)24-29-21/h7,10-12,23H,3-6,8-9H2,1-2H3,(H,24,27). The summed E-state index contributed by atoms with van der Waals surface area (Å²) in [6.07, 6.45) is 2.80. The topological polar surface area (TPSA) is 89.3 Å². The highest BCUT2D eigenvalue weighted by molar-refractivity contribution is 5.95. The van der Waals surface area contributed by atoms with Crippen molar-refractivity contribution >= 4 is 22.0 Å². The maximum absolute atomic E-state index is 15.3. The third-order valence-electron chi connectivity index (χ3n) is 6.40. The number of aromatic nitrogens is 2. The molecule has 0 spiro atoms. The van der Waals surface area contributed by atoms with E-state index in [9.17, 15) is 9.59 Å². The second-order valence-electron chi connectivity index (χ2n) is 8.25. The van der Waals surface area contributed by atoms with Crippen LogP contribution >= 0.6 is 0 Å². The second-order valence-corrected chi connectivity index (χ2v) is 8.25. The highest BCUT2D eigenvalue weighted by Gasteiger charge is 2.35. The zero-order chi connectivity index (χ0) is 20.3. The van der Waals surface area contributed by atoms with Crippen LogP contribution in [0.3, 0.4) is 0 Å². The van der Waals surface area contributed by atoms with Crippen LogP contribution in [0.15, 0.2) is 20.2 Å². The van der Waals surface area contributed by atoms with Crippen molar-refractivity contribution in [2.24, 2.45) is 5.92 Å². The molecule has 0 radical (unpaired) electrons. The summed E-state index contributed by atoms with van der Waals surface area (Å²) in [5.41, 5.74) is 0.146. The summed E-state index contributed by atoms with van der Waals surface area (Å²) in [6.45, 7) is 6.16. The van der Waals surface area contributed by atoms with Crippen molar-refractivity contribution in [3.05, 3.63) is 38.0 Å². The van der Waals surface area contributed by atoms with E-state index in [0.29, 0.717) is 29.4 Å². The van der Waals surface area contributed by atoms with E-state index in [1.165, 1.54) is 6.07 Å². The quantitative estimate of drug-likeness (QED) is 0.702. The number of benzene rings is 1. The second kappa shape index (κ2) is 6.73. The van der Waals surface area contributed by atoms with Crippen molar-refractivity contribution in [3.63, 3.8) is 0 Å². The Kier molecular flexibility index (Phi) is 4.27. The maximum Gasteiger partial charge on any atom is 0.293 e. The van der Waals surface area contributed by atoms with Gasteiger partial charge in [0, 0.05) is 5.56 Å². The molecule has 8 heteroatoms. The van der Waals surface area contributed by atoms with E-state index in [0.717, 1.165) is 32.4 Å². The van der Waals surface area contributed by atoms with Gasteiger partial charge in [0.25, 0.3) is 5.56 Å². The molecule has 2 aromatic heterocycles. The summed E-state index contributed by atoms with van der Waals surface area (Å²) in [5.74, 6) is 0.537. The van der Waals surface area contributed by atoms with Gasteiger partial charge in [-0.05, 0) is 57.2 Å². The van der Waals surface area contributed by atoms with Crippen LogP contribution in [-0.4, -0.2) is 29.4 Å². The van der Waals surface area contributed by atoms with Gasteiger partial charge in [-0.25, -0.2) is 4.39 Å². The number of fused-ring (bicyclic) bond motifs is 2. The van der Waals surface area contributed by atoms with Crippen LogP contribution in [0.4, 0.5) is 4.39 Å². The summed E-state index contributed by atoms with van der Waals surface area (Å²) < 4.78 is 28.5. The van der Waals surface area contributed by atoms with Crippen LogP contribution in [0, 0.1) is 11.7 Å². The first-order valence-electron chi connectivity index (χ1n) is 10.3. The molecule has 1 aromatic carbocycles. The molecule has 3 atom stereocenters. The minimum atomic E-state index is -0.595. The van der Waals surface area contributed by atoms with Crippen molar-refractivity contribution in [1.82, 2.24) is 15.0 Å². The monoisotopic (exact) mass is 401 g/mol. The maximum atomic E-state index is 15.3. The fourth-order valence-electron chi connectivity index (χ4n) is 5.04. The van der Waals surface area contributed by atoms with Gasteiger partial charge in [-0.3, -0.25) is 14.2 Å². The Morgan fingerprint density at radius 1 is 1.34 bits per heavy atom. The number of halogens is 1. The van der Waals surface area contributed by atoms with E-state index in [-0.39, 0.29) is 28.4 Å². The van der Waals surface area contributed by atoms with Gasteiger partial charge in [0.1, 0.15) is 18.2 Å². The average molecular weight is 401 g/mol. The number of ether oxygens (including phenoxy) is 1. The Bertz CT molecular complexity index is 1220. The molecule has 0 amide bonds. The number of aromatic amines is 1. The van der Waals surface area contributed by atoms with Gasteiger partial charge in [-0.15, -0.1) is 0 Å². The fraction of sp³-hybridized carbons (Fsp3) is 0.524. The first-order chi connectivity index (χ1) is 14.0. The molecular formula is C21H24FN3O4. The average Bonchev–Trinajstić information content (AvgIpc) is 3.32. The number of rotatable bonds is 4. The molecule has 1 aliphatic carbocycles. The number of hydrogen-bond acceptors (Lipinski definition) is 5. The van der Waals surface area contributed by atoms with Crippen LogP contribution in [0.2, 0.25) is 0 Å². The van der Waals surface area contributed by atoms with Gasteiger partial charge in [0.05, 0.1) is 16.9 Å². The zero-order valence-corrected chi connectivity index (χ0v) is 16.5. The molecule has 3 aromatic rings. The molecule has 3 heterocycles. The van der Waals surface area contributed by atoms with Crippen LogP contribution in [0.5, 0.6) is 5.75 Å². The molecule has 1 fully saturated rings. The number of hydrogen-bond donors (Lipinski definition) is 2. The molecule has 154 valence electrons. The highest BCUT2D eigenvalue weighted by Crippen LogP contribution is 2.47. The van der Waals surface area contributed by atoms with Gasteiger partial charge in [0.15, 0.2) is 5.39 Å². The Labute approximate surface area is 165 Å². The third-order valence-corrected chi connectivity index (χ3v) is 6.40. The van der Waals surface area contributed by atoms with Crippen molar-refractivity contribution in [2.75, 3.05) is 19.7 Å². The predicted molar refractivity (Wildman–Crippen MR) is 107 cm³/mol. The van der Waals surface area contributed by atoms with Crippen molar-refractivity contribution < 1.29 is 13.7 Å². The molecule has 0 bridgehead atoms. The van der Waals surface area contributed by atoms with E-state index >= 15 is 4.39 Å². The fourth-order valence-corrected chi connectivity index (χ4v) is 5.04.